The molecule has 0 aliphatic rings. The summed E-state index contributed by atoms with van der Waals surface area (Å²) in [7, 11) is 1.21. The molecule has 0 spiro atoms. The van der Waals surface area contributed by atoms with E-state index in [2.05, 4.69) is 5.32 Å². The minimum absolute atomic E-state index is 0.0118. The number of alkyl halides is 3. The number of nitro groups is 1. The third-order valence-corrected chi connectivity index (χ3v) is 2.09. The Labute approximate surface area is 110 Å². The Morgan fingerprint density at radius 2 is 2.10 bits per heavy atom. The Morgan fingerprint density at radius 3 is 2.60 bits per heavy atom. The molecule has 20 heavy (non-hydrogen) atoms. The number of urea groups is 1. The van der Waals surface area contributed by atoms with Crippen molar-refractivity contribution in [1.29, 1.82) is 0 Å². The molecule has 0 saturated heterocycles. The van der Waals surface area contributed by atoms with Crippen molar-refractivity contribution in [3.05, 3.63) is 28.3 Å². The van der Waals surface area contributed by atoms with Gasteiger partial charge in [-0.3, -0.25) is 10.1 Å². The minimum atomic E-state index is -4.53. The molecule has 0 bridgehead atoms. The molecule has 0 atom stereocenters. The van der Waals surface area contributed by atoms with Crippen molar-refractivity contribution < 1.29 is 27.6 Å². The molecule has 0 heterocycles. The molecule has 0 aliphatic heterocycles. The predicted molar refractivity (Wildman–Crippen MR) is 62.7 cm³/mol. The van der Waals surface area contributed by atoms with E-state index in [4.69, 9.17) is 4.74 Å². The average molecular weight is 293 g/mol. The minimum Gasteiger partial charge on any atom is -0.494 e. The highest BCUT2D eigenvalue weighted by Crippen LogP contribution is 2.28. The van der Waals surface area contributed by atoms with Crippen molar-refractivity contribution in [3.8, 4) is 5.75 Å². The quantitative estimate of drug-likeness (QED) is 0.658. The summed E-state index contributed by atoms with van der Waals surface area (Å²) in [5.74, 6) is -0.0404. The van der Waals surface area contributed by atoms with E-state index in [1.165, 1.54) is 7.11 Å². The summed E-state index contributed by atoms with van der Waals surface area (Å²) in [5.41, 5.74) is -0.263. The number of anilines is 1. The lowest BCUT2D eigenvalue weighted by Crippen LogP contribution is -2.36. The fraction of sp³-hybridized carbons (Fsp3) is 0.300. The highest BCUT2D eigenvalue weighted by molar-refractivity contribution is 5.91. The van der Waals surface area contributed by atoms with Crippen LogP contribution in [0.5, 0.6) is 5.75 Å². The zero-order valence-corrected chi connectivity index (χ0v) is 10.2. The number of ether oxygens (including phenoxy) is 1. The molecule has 7 nitrogen and oxygen atoms in total. The first kappa shape index (κ1) is 15.5. The summed E-state index contributed by atoms with van der Waals surface area (Å²) < 4.78 is 40.5. The summed E-state index contributed by atoms with van der Waals surface area (Å²) >= 11 is 0. The Kier molecular flexibility index (Phi) is 4.73. The van der Waals surface area contributed by atoms with Crippen LogP contribution in [0.25, 0.3) is 0 Å². The largest absolute Gasteiger partial charge is 0.494 e. The van der Waals surface area contributed by atoms with E-state index < -0.39 is 23.7 Å². The highest BCUT2D eigenvalue weighted by Gasteiger charge is 2.27. The van der Waals surface area contributed by atoms with Crippen LogP contribution in [0.1, 0.15) is 0 Å². The second-order valence-corrected chi connectivity index (χ2v) is 3.56. The zero-order valence-electron chi connectivity index (χ0n) is 10.2. The molecule has 0 aliphatic carbocycles. The Bertz CT molecular complexity index is 519. The molecule has 110 valence electrons. The van der Waals surface area contributed by atoms with Crippen molar-refractivity contribution in [2.75, 3.05) is 19.0 Å². The summed E-state index contributed by atoms with van der Waals surface area (Å²) in [4.78, 5) is 21.1. The van der Waals surface area contributed by atoms with Gasteiger partial charge >= 0.3 is 12.2 Å². The number of nitro benzene ring substituents is 1. The first-order chi connectivity index (χ1) is 9.23. The number of non-ortho nitro benzene ring substituents is 1. The maximum absolute atomic E-state index is 11.9. The maximum atomic E-state index is 11.9. The van der Waals surface area contributed by atoms with E-state index in [1.54, 1.807) is 5.32 Å². The average Bonchev–Trinajstić information content (AvgIpc) is 2.35. The number of hydrogen-bond acceptors (Lipinski definition) is 4. The molecule has 1 aromatic carbocycles. The Morgan fingerprint density at radius 1 is 1.45 bits per heavy atom. The molecule has 1 rings (SSSR count). The van der Waals surface area contributed by atoms with Gasteiger partial charge in [0.2, 0.25) is 0 Å². The van der Waals surface area contributed by atoms with E-state index in [-0.39, 0.29) is 17.1 Å². The van der Waals surface area contributed by atoms with E-state index in [0.717, 1.165) is 18.2 Å². The van der Waals surface area contributed by atoms with Crippen LogP contribution >= 0.6 is 0 Å². The number of carbonyl (C=O) groups excluding carboxylic acids is 1. The summed E-state index contributed by atoms with van der Waals surface area (Å²) in [6.45, 7) is -1.49. The molecule has 0 radical (unpaired) electrons. The number of methoxy groups -OCH3 is 1. The molecule has 1 aromatic rings. The number of nitrogens with one attached hydrogen (secondary N) is 2. The van der Waals surface area contributed by atoms with Gasteiger partial charge in [-0.1, -0.05) is 0 Å². The Hall–Kier alpha value is -2.52. The van der Waals surface area contributed by atoms with Crippen molar-refractivity contribution in [1.82, 2.24) is 5.32 Å². The molecule has 10 heteroatoms. The molecular formula is C10H10F3N3O4. The fourth-order valence-electron chi connectivity index (χ4n) is 1.24. The van der Waals surface area contributed by atoms with Gasteiger partial charge in [0.25, 0.3) is 5.69 Å². The molecule has 0 unspecified atom stereocenters. The van der Waals surface area contributed by atoms with Crippen LogP contribution in [0, 0.1) is 10.1 Å². The van der Waals surface area contributed by atoms with Gasteiger partial charge in [-0.25, -0.2) is 4.79 Å². The van der Waals surface area contributed by atoms with Gasteiger partial charge in [0.05, 0.1) is 23.8 Å². The second-order valence-electron chi connectivity index (χ2n) is 3.56. The summed E-state index contributed by atoms with van der Waals surface area (Å²) in [6.07, 6.45) is -4.53. The van der Waals surface area contributed by atoms with E-state index in [9.17, 15) is 28.1 Å². The first-order valence-corrected chi connectivity index (χ1v) is 5.17. The lowest BCUT2D eigenvalue weighted by atomic mass is 10.2. The zero-order chi connectivity index (χ0) is 15.3. The first-order valence-electron chi connectivity index (χ1n) is 5.17. The van der Waals surface area contributed by atoms with Crippen LogP contribution in [0.15, 0.2) is 18.2 Å². The van der Waals surface area contributed by atoms with E-state index in [0.29, 0.717) is 0 Å². The number of benzene rings is 1. The monoisotopic (exact) mass is 293 g/mol. The standard InChI is InChI=1S/C10H10F3N3O4/c1-20-8-4-6(16(18)19)2-3-7(8)15-9(17)14-5-10(11,12)13/h2-4H,5H2,1H3,(H2,14,15,17). The van der Waals surface area contributed by atoms with Gasteiger partial charge in [0.1, 0.15) is 12.3 Å². The molecule has 0 saturated carbocycles. The van der Waals surface area contributed by atoms with Gasteiger partial charge < -0.3 is 15.4 Å². The van der Waals surface area contributed by atoms with Crippen molar-refractivity contribution in [2.45, 2.75) is 6.18 Å². The smallest absolute Gasteiger partial charge is 0.405 e. The van der Waals surface area contributed by atoms with Crippen LogP contribution < -0.4 is 15.4 Å². The van der Waals surface area contributed by atoms with Crippen LogP contribution in [0.4, 0.5) is 29.3 Å². The van der Waals surface area contributed by atoms with Crippen LogP contribution in [-0.2, 0) is 0 Å². The molecular weight excluding hydrogens is 283 g/mol. The Balaban J connectivity index is 2.77. The molecule has 2 N–H and O–H groups in total. The molecule has 0 aromatic heterocycles. The highest BCUT2D eigenvalue weighted by atomic mass is 19.4. The number of nitrogens with zero attached hydrogens (tertiary/aromatic N) is 1. The third kappa shape index (κ3) is 4.63. The number of carbonyl (C=O) groups is 1. The topological polar surface area (TPSA) is 93.5 Å². The molecule has 2 amide bonds. The summed E-state index contributed by atoms with van der Waals surface area (Å²) in [6, 6.07) is 2.18. The number of rotatable bonds is 4. The maximum Gasteiger partial charge on any atom is 0.405 e. The number of hydrogen-bond donors (Lipinski definition) is 2. The second kappa shape index (κ2) is 6.08. The van der Waals surface area contributed by atoms with E-state index in [1.807, 2.05) is 0 Å². The fourth-order valence-corrected chi connectivity index (χ4v) is 1.24. The number of amides is 2. The number of halogens is 3. The SMILES string of the molecule is COc1cc([N+](=O)[O-])ccc1NC(=O)NCC(F)(F)F. The van der Waals surface area contributed by atoms with Gasteiger partial charge in [0, 0.05) is 6.07 Å². The van der Waals surface area contributed by atoms with Crippen molar-refractivity contribution >= 4 is 17.4 Å². The third-order valence-electron chi connectivity index (χ3n) is 2.09. The lowest BCUT2D eigenvalue weighted by molar-refractivity contribution is -0.384. The normalized spacial score (nSPS) is 10.8. The van der Waals surface area contributed by atoms with Gasteiger partial charge in [-0.2, -0.15) is 13.2 Å². The van der Waals surface area contributed by atoms with Crippen LogP contribution in [0.3, 0.4) is 0 Å². The lowest BCUT2D eigenvalue weighted by Gasteiger charge is -2.12. The van der Waals surface area contributed by atoms with Crippen molar-refractivity contribution in [3.63, 3.8) is 0 Å². The van der Waals surface area contributed by atoms with Gasteiger partial charge in [-0.15, -0.1) is 0 Å². The van der Waals surface area contributed by atoms with Gasteiger partial charge in [0.15, 0.2) is 0 Å². The predicted octanol–water partition coefficient (Wildman–Crippen LogP) is 2.29. The van der Waals surface area contributed by atoms with E-state index >= 15 is 0 Å². The summed E-state index contributed by atoms with van der Waals surface area (Å²) in [5, 5.41) is 14.2. The molecule has 0 fully saturated rings. The van der Waals surface area contributed by atoms with Crippen molar-refractivity contribution in [2.24, 2.45) is 0 Å². The van der Waals surface area contributed by atoms with Gasteiger partial charge in [-0.05, 0) is 6.07 Å². The van der Waals surface area contributed by atoms with Crippen LogP contribution in [-0.4, -0.2) is 30.8 Å². The van der Waals surface area contributed by atoms with Crippen LogP contribution in [0.2, 0.25) is 0 Å².